The van der Waals surface area contributed by atoms with Crippen molar-refractivity contribution in [3.8, 4) is 11.4 Å². The summed E-state index contributed by atoms with van der Waals surface area (Å²) in [6.07, 6.45) is 6.75. The summed E-state index contributed by atoms with van der Waals surface area (Å²) in [5, 5.41) is 5.50. The van der Waals surface area contributed by atoms with E-state index in [-0.39, 0.29) is 0 Å². The average Bonchev–Trinajstić information content (AvgIpc) is 3.55. The summed E-state index contributed by atoms with van der Waals surface area (Å²) in [5.41, 5.74) is 4.28. The Balaban J connectivity index is 0.00000101. The Morgan fingerprint density at radius 2 is 1.45 bits per heavy atom. The maximum absolute atomic E-state index is 8.00. The minimum absolute atomic E-state index is 0.783. The fraction of sp³-hybridized carbons (Fsp3) is 0.556. The fourth-order valence-corrected chi connectivity index (χ4v) is 3.40. The van der Waals surface area contributed by atoms with Gasteiger partial charge < -0.3 is 9.69 Å². The zero-order valence-electron chi connectivity index (χ0n) is 22.2. The van der Waals surface area contributed by atoms with Crippen molar-refractivity contribution < 1.29 is 4.79 Å². The van der Waals surface area contributed by atoms with Gasteiger partial charge in [-0.15, -0.1) is 0 Å². The molecule has 0 bridgehead atoms. The molecule has 1 fully saturated rings. The Morgan fingerprint density at radius 3 is 1.97 bits per heavy atom. The Kier molecular flexibility index (Phi) is 16.3. The molecule has 2 aromatic heterocycles. The minimum Gasteiger partial charge on any atom is -0.372 e. The lowest BCUT2D eigenvalue weighted by Crippen LogP contribution is -2.17. The van der Waals surface area contributed by atoms with Crippen molar-refractivity contribution in [1.29, 1.82) is 0 Å². The van der Waals surface area contributed by atoms with Crippen LogP contribution in [0.3, 0.4) is 0 Å². The zero-order chi connectivity index (χ0) is 25.2. The molecule has 0 spiro atoms. The van der Waals surface area contributed by atoms with Crippen LogP contribution >= 0.6 is 0 Å². The molecule has 6 heteroatoms. The lowest BCUT2D eigenvalue weighted by atomic mass is 10.1. The van der Waals surface area contributed by atoms with E-state index in [0.717, 1.165) is 54.2 Å². The van der Waals surface area contributed by atoms with Crippen LogP contribution in [0.5, 0.6) is 0 Å². The topological polar surface area (TPSA) is 63.9 Å². The number of hydrogen-bond acceptors (Lipinski definition) is 5. The van der Waals surface area contributed by atoms with Gasteiger partial charge in [-0.1, -0.05) is 54.9 Å². The van der Waals surface area contributed by atoms with Crippen molar-refractivity contribution in [2.45, 2.75) is 87.6 Å². The van der Waals surface area contributed by atoms with Gasteiger partial charge in [0.1, 0.15) is 6.79 Å². The Hall–Kier alpha value is -2.76. The summed E-state index contributed by atoms with van der Waals surface area (Å²) in [6, 6.07) is 8.64. The number of aromatic nitrogens is 4. The van der Waals surface area contributed by atoms with Gasteiger partial charge in [0.25, 0.3) is 0 Å². The van der Waals surface area contributed by atoms with Crippen molar-refractivity contribution in [2.24, 2.45) is 0 Å². The maximum Gasteiger partial charge on any atom is 0.162 e. The van der Waals surface area contributed by atoms with E-state index in [1.165, 1.54) is 24.9 Å². The molecule has 0 unspecified atom stereocenters. The van der Waals surface area contributed by atoms with E-state index in [1.807, 2.05) is 52.3 Å². The van der Waals surface area contributed by atoms with Gasteiger partial charge >= 0.3 is 0 Å². The highest BCUT2D eigenvalue weighted by Crippen LogP contribution is 2.25. The van der Waals surface area contributed by atoms with Crippen LogP contribution in [0.15, 0.2) is 30.5 Å². The zero-order valence-corrected chi connectivity index (χ0v) is 22.2. The summed E-state index contributed by atoms with van der Waals surface area (Å²) in [7, 11) is 0. The lowest BCUT2D eigenvalue weighted by molar-refractivity contribution is -0.0979. The summed E-state index contributed by atoms with van der Waals surface area (Å²) < 4.78 is 1.98. The van der Waals surface area contributed by atoms with Crippen LogP contribution in [0.1, 0.15) is 79.8 Å². The molecule has 0 radical (unpaired) electrons. The van der Waals surface area contributed by atoms with E-state index >= 15 is 0 Å². The fourth-order valence-electron chi connectivity index (χ4n) is 3.40. The average molecular weight is 456 g/mol. The predicted octanol–water partition coefficient (Wildman–Crippen LogP) is 7.10. The Labute approximate surface area is 201 Å². The largest absolute Gasteiger partial charge is 0.372 e. The molecular formula is C27H45N5O. The maximum atomic E-state index is 8.00. The first-order chi connectivity index (χ1) is 16.2. The lowest BCUT2D eigenvalue weighted by Gasteiger charge is -2.17. The second kappa shape index (κ2) is 17.8. The number of rotatable bonds is 4. The van der Waals surface area contributed by atoms with Crippen molar-refractivity contribution in [3.63, 3.8) is 0 Å². The first-order valence-corrected chi connectivity index (χ1v) is 12.5. The third kappa shape index (κ3) is 8.60. The molecule has 1 saturated heterocycles. The van der Waals surface area contributed by atoms with Gasteiger partial charge in [-0.05, 0) is 50.5 Å². The van der Waals surface area contributed by atoms with Crippen LogP contribution in [0.25, 0.3) is 22.4 Å². The molecule has 4 rings (SSSR count). The molecule has 184 valence electrons. The smallest absolute Gasteiger partial charge is 0.162 e. The van der Waals surface area contributed by atoms with E-state index in [9.17, 15) is 0 Å². The third-order valence-corrected chi connectivity index (χ3v) is 4.72. The molecule has 1 aliphatic heterocycles. The molecule has 3 heterocycles. The monoisotopic (exact) mass is 455 g/mol. The molecule has 0 N–H and O–H groups in total. The molecule has 0 amide bonds. The summed E-state index contributed by atoms with van der Waals surface area (Å²) in [5.74, 6) is 0.783. The molecule has 3 aromatic rings. The van der Waals surface area contributed by atoms with Crippen molar-refractivity contribution >= 4 is 23.5 Å². The minimum atomic E-state index is 0.783. The second-order valence-corrected chi connectivity index (χ2v) is 7.19. The van der Waals surface area contributed by atoms with Gasteiger partial charge in [-0.25, -0.2) is 14.6 Å². The molecule has 0 aliphatic carbocycles. The van der Waals surface area contributed by atoms with Gasteiger partial charge in [-0.2, -0.15) is 5.10 Å². The number of benzene rings is 1. The third-order valence-electron chi connectivity index (χ3n) is 4.72. The number of fused-ring (bicyclic) bond motifs is 1. The molecule has 0 saturated carbocycles. The number of carbonyl (C=O) groups is 1. The SMILES string of the molecule is C=O.CC.CC.CCC.CCCn1ncc2c(C)nc(-c3ccc(N4CCCC4)cc3)nc21. The van der Waals surface area contributed by atoms with Crippen LogP contribution in [0.2, 0.25) is 0 Å². The first kappa shape index (κ1) is 30.2. The van der Waals surface area contributed by atoms with Crippen LogP contribution in [0.4, 0.5) is 5.69 Å². The predicted molar refractivity (Wildman–Crippen MR) is 143 cm³/mol. The van der Waals surface area contributed by atoms with Crippen molar-refractivity contribution in [2.75, 3.05) is 18.0 Å². The molecule has 1 aliphatic rings. The summed E-state index contributed by atoms with van der Waals surface area (Å²) in [4.78, 5) is 19.9. The molecule has 33 heavy (non-hydrogen) atoms. The second-order valence-electron chi connectivity index (χ2n) is 7.19. The summed E-state index contributed by atoms with van der Waals surface area (Å²) >= 11 is 0. The number of carbonyl (C=O) groups excluding carboxylic acids is 1. The highest BCUT2D eigenvalue weighted by Gasteiger charge is 2.14. The number of nitrogens with zero attached hydrogens (tertiary/aromatic N) is 5. The van der Waals surface area contributed by atoms with E-state index in [1.54, 1.807) is 0 Å². The standard InChI is InChI=1S/C19H23N5.C3H8.2C2H6.CH2O/c1-3-10-24-19-17(13-20-24)14(2)21-18(22-19)15-6-8-16(9-7-15)23-11-4-5-12-23;1-3-2;3*1-2/h6-9,13H,3-5,10-12H2,1-2H3;3H2,1-2H3;2*1-2H3;1H2. The van der Waals surface area contributed by atoms with Gasteiger partial charge in [0, 0.05) is 30.9 Å². The number of aryl methyl sites for hydroxylation is 2. The van der Waals surface area contributed by atoms with Gasteiger partial charge in [0.05, 0.1) is 17.3 Å². The van der Waals surface area contributed by atoms with Gasteiger partial charge in [0.15, 0.2) is 11.5 Å². The van der Waals surface area contributed by atoms with Crippen molar-refractivity contribution in [1.82, 2.24) is 19.7 Å². The van der Waals surface area contributed by atoms with E-state index in [2.05, 4.69) is 55.0 Å². The quantitative estimate of drug-likeness (QED) is 0.420. The van der Waals surface area contributed by atoms with Gasteiger partial charge in [0.2, 0.25) is 0 Å². The van der Waals surface area contributed by atoms with Crippen LogP contribution in [0, 0.1) is 6.92 Å². The van der Waals surface area contributed by atoms with E-state index < -0.39 is 0 Å². The molecule has 6 nitrogen and oxygen atoms in total. The molecule has 0 atom stereocenters. The number of hydrogen-bond donors (Lipinski definition) is 0. The van der Waals surface area contributed by atoms with E-state index in [0.29, 0.717) is 0 Å². The molecular weight excluding hydrogens is 410 g/mol. The molecule has 1 aromatic carbocycles. The Bertz CT molecular complexity index is 883. The van der Waals surface area contributed by atoms with Crippen LogP contribution in [-0.2, 0) is 11.3 Å². The Morgan fingerprint density at radius 1 is 0.909 bits per heavy atom. The van der Waals surface area contributed by atoms with Crippen LogP contribution < -0.4 is 4.90 Å². The summed E-state index contributed by atoms with van der Waals surface area (Å²) in [6.45, 7) is 21.6. The van der Waals surface area contributed by atoms with Crippen LogP contribution in [-0.4, -0.2) is 39.6 Å². The highest BCUT2D eigenvalue weighted by molar-refractivity contribution is 5.79. The highest BCUT2D eigenvalue weighted by atomic mass is 16.1. The van der Waals surface area contributed by atoms with Gasteiger partial charge in [-0.3, -0.25) is 0 Å². The first-order valence-electron chi connectivity index (χ1n) is 12.5. The van der Waals surface area contributed by atoms with E-state index in [4.69, 9.17) is 14.8 Å². The number of anilines is 1. The normalized spacial score (nSPS) is 11.7. The van der Waals surface area contributed by atoms with Crippen molar-refractivity contribution in [3.05, 3.63) is 36.2 Å².